The first-order valence-electron chi connectivity index (χ1n) is 11.7. The van der Waals surface area contributed by atoms with Crippen LogP contribution >= 0.6 is 11.8 Å². The van der Waals surface area contributed by atoms with Gasteiger partial charge in [0, 0.05) is 48.3 Å². The Morgan fingerprint density at radius 3 is 2.34 bits per heavy atom. The quantitative estimate of drug-likeness (QED) is 0.612. The fourth-order valence-electron chi connectivity index (χ4n) is 4.61. The van der Waals surface area contributed by atoms with Crippen LogP contribution in [0.25, 0.3) is 0 Å². The standard InChI is InChI=1S/C25H33N3O3S/c1-17-8-12-27(13-9-17)24(29)20-10-14-28(15-11-20)25(30)21-6-4-5-7-23(21)32-16-22-18(2)26-31-19(22)3/h4-7,17,20H,8-16H2,1-3H3. The van der Waals surface area contributed by atoms with Crippen LogP contribution in [0.15, 0.2) is 33.7 Å². The van der Waals surface area contributed by atoms with Gasteiger partial charge in [-0.15, -0.1) is 11.8 Å². The Kier molecular flexibility index (Phi) is 7.23. The lowest BCUT2D eigenvalue weighted by Crippen LogP contribution is -2.46. The molecule has 2 aliphatic heterocycles. The number of rotatable bonds is 5. The van der Waals surface area contributed by atoms with E-state index < -0.39 is 0 Å². The van der Waals surface area contributed by atoms with Crippen LogP contribution in [0.2, 0.25) is 0 Å². The van der Waals surface area contributed by atoms with Crippen molar-refractivity contribution in [1.82, 2.24) is 15.0 Å². The highest BCUT2D eigenvalue weighted by atomic mass is 32.2. The summed E-state index contributed by atoms with van der Waals surface area (Å²) in [6.07, 6.45) is 3.72. The third-order valence-corrected chi connectivity index (χ3v) is 8.00. The number of likely N-dealkylation sites (tertiary alicyclic amines) is 2. The van der Waals surface area contributed by atoms with Gasteiger partial charge in [-0.3, -0.25) is 9.59 Å². The molecular weight excluding hydrogens is 422 g/mol. The molecule has 0 N–H and O–H groups in total. The molecule has 172 valence electrons. The zero-order valence-electron chi connectivity index (χ0n) is 19.3. The molecule has 2 aliphatic rings. The molecule has 2 saturated heterocycles. The van der Waals surface area contributed by atoms with Gasteiger partial charge in [0.2, 0.25) is 5.91 Å². The lowest BCUT2D eigenvalue weighted by molar-refractivity contribution is -0.138. The molecule has 32 heavy (non-hydrogen) atoms. The lowest BCUT2D eigenvalue weighted by atomic mass is 9.92. The highest BCUT2D eigenvalue weighted by Gasteiger charge is 2.32. The third kappa shape index (κ3) is 5.03. The minimum Gasteiger partial charge on any atom is -0.361 e. The average molecular weight is 456 g/mol. The molecule has 1 aromatic carbocycles. The minimum absolute atomic E-state index is 0.0524. The van der Waals surface area contributed by atoms with Crippen molar-refractivity contribution >= 4 is 23.6 Å². The summed E-state index contributed by atoms with van der Waals surface area (Å²) < 4.78 is 5.27. The minimum atomic E-state index is 0.0524. The first-order chi connectivity index (χ1) is 15.4. The number of carbonyl (C=O) groups is 2. The number of aryl methyl sites for hydroxylation is 2. The Balaban J connectivity index is 1.36. The second-order valence-corrected chi connectivity index (χ2v) is 10.2. The summed E-state index contributed by atoms with van der Waals surface area (Å²) in [5, 5.41) is 4.02. The van der Waals surface area contributed by atoms with Gasteiger partial charge in [0.15, 0.2) is 0 Å². The number of hydrogen-bond donors (Lipinski definition) is 0. The normalized spacial score (nSPS) is 18.2. The SMILES string of the molecule is Cc1noc(C)c1CSc1ccccc1C(=O)N1CCC(C(=O)N2CCC(C)CC2)CC1. The lowest BCUT2D eigenvalue weighted by Gasteiger charge is -2.37. The van der Waals surface area contributed by atoms with Crippen molar-refractivity contribution in [2.75, 3.05) is 26.2 Å². The monoisotopic (exact) mass is 455 g/mol. The van der Waals surface area contributed by atoms with Crippen LogP contribution in [-0.4, -0.2) is 52.9 Å². The van der Waals surface area contributed by atoms with Crippen molar-refractivity contribution in [2.45, 2.75) is 57.1 Å². The molecule has 0 unspecified atom stereocenters. The van der Waals surface area contributed by atoms with Crippen LogP contribution in [0.4, 0.5) is 0 Å². The number of benzene rings is 1. The Labute approximate surface area is 194 Å². The van der Waals surface area contributed by atoms with E-state index in [4.69, 9.17) is 4.52 Å². The molecule has 7 heteroatoms. The van der Waals surface area contributed by atoms with Crippen LogP contribution in [-0.2, 0) is 10.5 Å². The van der Waals surface area contributed by atoms with Crippen LogP contribution in [0.1, 0.15) is 60.0 Å². The number of amides is 2. The smallest absolute Gasteiger partial charge is 0.254 e. The van der Waals surface area contributed by atoms with Gasteiger partial charge >= 0.3 is 0 Å². The molecule has 2 aromatic rings. The topological polar surface area (TPSA) is 66.7 Å². The van der Waals surface area contributed by atoms with Gasteiger partial charge in [0.05, 0.1) is 11.3 Å². The van der Waals surface area contributed by atoms with Crippen molar-refractivity contribution in [3.63, 3.8) is 0 Å². The van der Waals surface area contributed by atoms with Gasteiger partial charge in [-0.1, -0.05) is 24.2 Å². The molecule has 0 radical (unpaired) electrons. The number of carbonyl (C=O) groups excluding carboxylic acids is 2. The van der Waals surface area contributed by atoms with E-state index in [1.807, 2.05) is 47.9 Å². The summed E-state index contributed by atoms with van der Waals surface area (Å²) in [6, 6.07) is 7.80. The van der Waals surface area contributed by atoms with Gasteiger partial charge in [-0.25, -0.2) is 0 Å². The number of nitrogens with zero attached hydrogens (tertiary/aromatic N) is 3. The highest BCUT2D eigenvalue weighted by molar-refractivity contribution is 7.98. The Morgan fingerprint density at radius 1 is 1.03 bits per heavy atom. The molecule has 2 amide bonds. The molecule has 6 nitrogen and oxygen atoms in total. The van der Waals surface area contributed by atoms with Gasteiger partial charge in [0.1, 0.15) is 5.76 Å². The summed E-state index contributed by atoms with van der Waals surface area (Å²) in [5.74, 6) is 2.67. The molecule has 1 aromatic heterocycles. The Hall–Kier alpha value is -2.28. The largest absolute Gasteiger partial charge is 0.361 e. The molecule has 0 atom stereocenters. The van der Waals surface area contributed by atoms with Gasteiger partial charge in [-0.2, -0.15) is 0 Å². The fraction of sp³-hybridized carbons (Fsp3) is 0.560. The van der Waals surface area contributed by atoms with E-state index in [0.717, 1.165) is 72.0 Å². The van der Waals surface area contributed by atoms with Crippen molar-refractivity contribution in [3.05, 3.63) is 46.8 Å². The molecule has 3 heterocycles. The second-order valence-electron chi connectivity index (χ2n) is 9.16. The van der Waals surface area contributed by atoms with Gasteiger partial charge < -0.3 is 14.3 Å². The van der Waals surface area contributed by atoms with E-state index in [1.54, 1.807) is 11.8 Å². The molecule has 0 spiro atoms. The number of hydrogen-bond acceptors (Lipinski definition) is 5. The number of piperidine rings is 2. The van der Waals surface area contributed by atoms with E-state index in [1.165, 1.54) is 0 Å². The van der Waals surface area contributed by atoms with Crippen LogP contribution in [0, 0.1) is 25.7 Å². The zero-order chi connectivity index (χ0) is 22.7. The predicted octanol–water partition coefficient (Wildman–Crippen LogP) is 4.69. The molecule has 4 rings (SSSR count). The summed E-state index contributed by atoms with van der Waals surface area (Å²) in [4.78, 5) is 31.2. The molecule has 0 saturated carbocycles. The summed E-state index contributed by atoms with van der Waals surface area (Å²) in [5.41, 5.74) is 2.72. The third-order valence-electron chi connectivity index (χ3n) is 6.90. The molecular formula is C25H33N3O3S. The Bertz CT molecular complexity index is 938. The summed E-state index contributed by atoms with van der Waals surface area (Å²) in [6.45, 7) is 9.17. The van der Waals surface area contributed by atoms with Crippen molar-refractivity contribution < 1.29 is 14.1 Å². The maximum absolute atomic E-state index is 13.3. The van der Waals surface area contributed by atoms with E-state index in [9.17, 15) is 9.59 Å². The van der Waals surface area contributed by atoms with E-state index in [-0.39, 0.29) is 11.8 Å². The zero-order valence-corrected chi connectivity index (χ0v) is 20.1. The fourth-order valence-corrected chi connectivity index (χ4v) is 5.81. The number of thioether (sulfide) groups is 1. The highest BCUT2D eigenvalue weighted by Crippen LogP contribution is 2.31. The van der Waals surface area contributed by atoms with Gasteiger partial charge in [-0.05, 0) is 57.6 Å². The first-order valence-corrected chi connectivity index (χ1v) is 12.6. The van der Waals surface area contributed by atoms with E-state index in [0.29, 0.717) is 24.9 Å². The van der Waals surface area contributed by atoms with Gasteiger partial charge in [0.25, 0.3) is 5.91 Å². The second kappa shape index (κ2) is 10.1. The van der Waals surface area contributed by atoms with Crippen LogP contribution in [0.3, 0.4) is 0 Å². The summed E-state index contributed by atoms with van der Waals surface area (Å²) >= 11 is 1.64. The molecule has 0 bridgehead atoms. The predicted molar refractivity (Wildman–Crippen MR) is 126 cm³/mol. The average Bonchev–Trinajstić information content (AvgIpc) is 3.14. The van der Waals surface area contributed by atoms with E-state index in [2.05, 4.69) is 12.1 Å². The van der Waals surface area contributed by atoms with E-state index >= 15 is 0 Å². The van der Waals surface area contributed by atoms with Crippen molar-refractivity contribution in [1.29, 1.82) is 0 Å². The summed E-state index contributed by atoms with van der Waals surface area (Å²) in [7, 11) is 0. The maximum atomic E-state index is 13.3. The van der Waals surface area contributed by atoms with Crippen molar-refractivity contribution in [3.8, 4) is 0 Å². The van der Waals surface area contributed by atoms with Crippen LogP contribution < -0.4 is 0 Å². The molecule has 2 fully saturated rings. The first kappa shape index (κ1) is 22.9. The number of aromatic nitrogens is 1. The maximum Gasteiger partial charge on any atom is 0.254 e. The van der Waals surface area contributed by atoms with Crippen molar-refractivity contribution in [2.24, 2.45) is 11.8 Å². The Morgan fingerprint density at radius 2 is 1.69 bits per heavy atom. The molecule has 0 aliphatic carbocycles. The van der Waals surface area contributed by atoms with Crippen LogP contribution in [0.5, 0.6) is 0 Å².